The molecule has 0 atom stereocenters. The van der Waals surface area contributed by atoms with Crippen molar-refractivity contribution in [2.24, 2.45) is 0 Å². The van der Waals surface area contributed by atoms with E-state index >= 15 is 0 Å². The SMILES string of the molecule is Nc1cc(F)cc(-c2ccccn2)c1. The zero-order valence-corrected chi connectivity index (χ0v) is 7.44. The second-order valence-electron chi connectivity index (χ2n) is 2.99. The van der Waals surface area contributed by atoms with Gasteiger partial charge in [0.15, 0.2) is 0 Å². The number of nitrogens with zero attached hydrogens (tertiary/aromatic N) is 1. The van der Waals surface area contributed by atoms with Gasteiger partial charge in [-0.1, -0.05) is 6.07 Å². The van der Waals surface area contributed by atoms with Gasteiger partial charge < -0.3 is 5.73 Å². The predicted molar refractivity (Wildman–Crippen MR) is 54.0 cm³/mol. The molecule has 0 aliphatic carbocycles. The van der Waals surface area contributed by atoms with Gasteiger partial charge in [0.1, 0.15) is 5.82 Å². The molecule has 0 aliphatic rings. The van der Waals surface area contributed by atoms with Gasteiger partial charge in [0, 0.05) is 17.4 Å². The molecule has 0 unspecified atom stereocenters. The van der Waals surface area contributed by atoms with Crippen molar-refractivity contribution in [3.8, 4) is 11.3 Å². The van der Waals surface area contributed by atoms with Crippen LogP contribution in [0.1, 0.15) is 0 Å². The Hall–Kier alpha value is -1.90. The molecule has 2 aromatic rings. The summed E-state index contributed by atoms with van der Waals surface area (Å²) >= 11 is 0. The number of pyridine rings is 1. The van der Waals surface area contributed by atoms with Crippen LogP contribution in [0.3, 0.4) is 0 Å². The predicted octanol–water partition coefficient (Wildman–Crippen LogP) is 2.47. The van der Waals surface area contributed by atoms with Crippen molar-refractivity contribution in [1.82, 2.24) is 4.98 Å². The zero-order chi connectivity index (χ0) is 9.97. The van der Waals surface area contributed by atoms with Gasteiger partial charge in [-0.05, 0) is 30.3 Å². The van der Waals surface area contributed by atoms with Crippen molar-refractivity contribution in [2.75, 3.05) is 5.73 Å². The third kappa shape index (κ3) is 1.71. The highest BCUT2D eigenvalue weighted by molar-refractivity contribution is 5.63. The van der Waals surface area contributed by atoms with Crippen molar-refractivity contribution in [3.63, 3.8) is 0 Å². The maximum absolute atomic E-state index is 13.0. The highest BCUT2D eigenvalue weighted by Crippen LogP contribution is 2.20. The average molecular weight is 188 g/mol. The standard InChI is InChI=1S/C11H9FN2/c12-9-5-8(6-10(13)7-9)11-3-1-2-4-14-11/h1-7H,13H2. The number of nitrogen functional groups attached to an aromatic ring is 1. The lowest BCUT2D eigenvalue weighted by Crippen LogP contribution is -1.89. The topological polar surface area (TPSA) is 38.9 Å². The maximum atomic E-state index is 13.0. The third-order valence-corrected chi connectivity index (χ3v) is 1.88. The van der Waals surface area contributed by atoms with E-state index in [0.717, 1.165) is 5.69 Å². The molecule has 1 aromatic carbocycles. The molecule has 2 nitrogen and oxygen atoms in total. The molecule has 0 saturated heterocycles. The van der Waals surface area contributed by atoms with Gasteiger partial charge in [-0.25, -0.2) is 4.39 Å². The summed E-state index contributed by atoms with van der Waals surface area (Å²) < 4.78 is 13.0. The molecule has 3 heteroatoms. The van der Waals surface area contributed by atoms with Gasteiger partial charge in [0.25, 0.3) is 0 Å². The fourth-order valence-corrected chi connectivity index (χ4v) is 1.29. The Kier molecular flexibility index (Phi) is 2.14. The highest BCUT2D eigenvalue weighted by atomic mass is 19.1. The monoisotopic (exact) mass is 188 g/mol. The Bertz CT molecular complexity index is 420. The van der Waals surface area contributed by atoms with Crippen LogP contribution in [0.5, 0.6) is 0 Å². The van der Waals surface area contributed by atoms with Crippen molar-refractivity contribution < 1.29 is 4.39 Å². The lowest BCUT2D eigenvalue weighted by atomic mass is 10.1. The Labute approximate surface area is 81.2 Å². The molecule has 0 spiro atoms. The molecule has 0 radical (unpaired) electrons. The van der Waals surface area contributed by atoms with Crippen molar-refractivity contribution in [2.45, 2.75) is 0 Å². The largest absolute Gasteiger partial charge is 0.399 e. The number of benzene rings is 1. The van der Waals surface area contributed by atoms with Gasteiger partial charge >= 0.3 is 0 Å². The second-order valence-corrected chi connectivity index (χ2v) is 2.99. The van der Waals surface area contributed by atoms with Gasteiger partial charge in [0.2, 0.25) is 0 Å². The molecule has 2 rings (SSSR count). The van der Waals surface area contributed by atoms with E-state index in [1.165, 1.54) is 12.1 Å². The van der Waals surface area contributed by atoms with E-state index in [2.05, 4.69) is 4.98 Å². The summed E-state index contributed by atoms with van der Waals surface area (Å²) in [5.74, 6) is -0.342. The molecule has 2 N–H and O–H groups in total. The minimum Gasteiger partial charge on any atom is -0.399 e. The van der Waals surface area contributed by atoms with E-state index in [4.69, 9.17) is 5.73 Å². The molecular formula is C11H9FN2. The number of rotatable bonds is 1. The second kappa shape index (κ2) is 3.46. The van der Waals surface area contributed by atoms with Crippen LogP contribution in [0.4, 0.5) is 10.1 Å². The lowest BCUT2D eigenvalue weighted by molar-refractivity contribution is 0.629. The minimum absolute atomic E-state index is 0.342. The van der Waals surface area contributed by atoms with Crippen molar-refractivity contribution >= 4 is 5.69 Å². The van der Waals surface area contributed by atoms with E-state index in [0.29, 0.717) is 11.3 Å². The number of aromatic nitrogens is 1. The smallest absolute Gasteiger partial charge is 0.125 e. The number of hydrogen-bond acceptors (Lipinski definition) is 2. The number of nitrogens with two attached hydrogens (primary N) is 1. The average Bonchev–Trinajstić information content (AvgIpc) is 2.18. The van der Waals surface area contributed by atoms with E-state index in [9.17, 15) is 4.39 Å². The molecule has 14 heavy (non-hydrogen) atoms. The fourth-order valence-electron chi connectivity index (χ4n) is 1.29. The Balaban J connectivity index is 2.52. The minimum atomic E-state index is -0.342. The summed E-state index contributed by atoms with van der Waals surface area (Å²) in [4.78, 5) is 4.11. The molecule has 0 fully saturated rings. The molecule has 0 aliphatic heterocycles. The van der Waals surface area contributed by atoms with Crippen molar-refractivity contribution in [3.05, 3.63) is 48.4 Å². The Morgan fingerprint density at radius 2 is 2.00 bits per heavy atom. The first-order valence-corrected chi connectivity index (χ1v) is 4.23. The van der Waals surface area contributed by atoms with E-state index in [-0.39, 0.29) is 5.82 Å². The van der Waals surface area contributed by atoms with Gasteiger partial charge in [-0.15, -0.1) is 0 Å². The van der Waals surface area contributed by atoms with E-state index < -0.39 is 0 Å². The van der Waals surface area contributed by atoms with E-state index in [1.54, 1.807) is 12.3 Å². The molecule has 70 valence electrons. The van der Waals surface area contributed by atoms with Gasteiger partial charge in [-0.3, -0.25) is 4.98 Å². The molecule has 0 amide bonds. The van der Waals surface area contributed by atoms with Crippen LogP contribution in [0.2, 0.25) is 0 Å². The molecule has 0 saturated carbocycles. The fraction of sp³-hybridized carbons (Fsp3) is 0. The zero-order valence-electron chi connectivity index (χ0n) is 7.44. The molecule has 1 aromatic heterocycles. The van der Waals surface area contributed by atoms with Crippen LogP contribution in [0.15, 0.2) is 42.6 Å². The number of halogens is 1. The Morgan fingerprint density at radius 3 is 2.64 bits per heavy atom. The number of anilines is 1. The lowest BCUT2D eigenvalue weighted by Gasteiger charge is -2.01. The number of hydrogen-bond donors (Lipinski definition) is 1. The normalized spacial score (nSPS) is 10.1. The first-order valence-electron chi connectivity index (χ1n) is 4.23. The van der Waals surface area contributed by atoms with Gasteiger partial charge in [-0.2, -0.15) is 0 Å². The molecule has 1 heterocycles. The third-order valence-electron chi connectivity index (χ3n) is 1.88. The Morgan fingerprint density at radius 1 is 1.14 bits per heavy atom. The molecular weight excluding hydrogens is 179 g/mol. The quantitative estimate of drug-likeness (QED) is 0.698. The first-order chi connectivity index (χ1) is 6.75. The molecule has 0 bridgehead atoms. The summed E-state index contributed by atoms with van der Waals surface area (Å²) in [6, 6.07) is 9.88. The highest BCUT2D eigenvalue weighted by Gasteiger charge is 2.01. The maximum Gasteiger partial charge on any atom is 0.125 e. The first kappa shape index (κ1) is 8.69. The van der Waals surface area contributed by atoms with Crippen LogP contribution in [0, 0.1) is 5.82 Å². The van der Waals surface area contributed by atoms with E-state index in [1.807, 2.05) is 18.2 Å². The summed E-state index contributed by atoms with van der Waals surface area (Å²) in [5, 5.41) is 0. The summed E-state index contributed by atoms with van der Waals surface area (Å²) in [6.07, 6.45) is 1.66. The van der Waals surface area contributed by atoms with Crippen LogP contribution in [-0.4, -0.2) is 4.98 Å². The summed E-state index contributed by atoms with van der Waals surface area (Å²) in [6.45, 7) is 0. The summed E-state index contributed by atoms with van der Waals surface area (Å²) in [7, 11) is 0. The van der Waals surface area contributed by atoms with Crippen LogP contribution in [0.25, 0.3) is 11.3 Å². The van der Waals surface area contributed by atoms with Crippen LogP contribution < -0.4 is 5.73 Å². The van der Waals surface area contributed by atoms with Crippen LogP contribution >= 0.6 is 0 Å². The van der Waals surface area contributed by atoms with Gasteiger partial charge in [0.05, 0.1) is 5.69 Å². The van der Waals surface area contributed by atoms with Crippen LogP contribution in [-0.2, 0) is 0 Å². The summed E-state index contributed by atoms with van der Waals surface area (Å²) in [5.41, 5.74) is 7.36. The van der Waals surface area contributed by atoms with Crippen molar-refractivity contribution in [1.29, 1.82) is 0 Å².